The van der Waals surface area contributed by atoms with E-state index in [2.05, 4.69) is 54.2 Å². The monoisotopic (exact) mass is 446 g/mol. The Kier molecular flexibility index (Phi) is 7.06. The number of anilines is 2. The molecule has 5 nitrogen and oxygen atoms in total. The van der Waals surface area contributed by atoms with Gasteiger partial charge in [-0.15, -0.1) is 0 Å². The Hall–Kier alpha value is -2.82. The van der Waals surface area contributed by atoms with Gasteiger partial charge in [0, 0.05) is 53.0 Å². The number of nitrogens with zero attached hydrogens (tertiary/aromatic N) is 2. The fraction of sp³-hybridized carbons (Fsp3) is 0.500. The van der Waals surface area contributed by atoms with Crippen molar-refractivity contribution in [2.75, 3.05) is 16.8 Å². The van der Waals surface area contributed by atoms with Gasteiger partial charge < -0.3 is 15.2 Å². The summed E-state index contributed by atoms with van der Waals surface area (Å²) in [5, 5.41) is 5.85. The van der Waals surface area contributed by atoms with E-state index >= 15 is 0 Å². The predicted molar refractivity (Wildman–Crippen MR) is 140 cm³/mol. The normalized spacial score (nSPS) is 14.7. The number of rotatable bonds is 7. The van der Waals surface area contributed by atoms with Crippen LogP contribution in [0.25, 0.3) is 10.8 Å². The minimum Gasteiger partial charge on any atom is -0.368 e. The lowest BCUT2D eigenvalue weighted by atomic mass is 9.92. The molecule has 1 aromatic carbocycles. The third-order valence-corrected chi connectivity index (χ3v) is 7.14. The highest BCUT2D eigenvalue weighted by atomic mass is 16.1. The minimum atomic E-state index is -0.0294. The van der Waals surface area contributed by atoms with Crippen LogP contribution in [0.1, 0.15) is 81.2 Å². The molecule has 1 saturated carbocycles. The summed E-state index contributed by atoms with van der Waals surface area (Å²) in [5.41, 5.74) is 5.27. The number of aryl methyl sites for hydroxylation is 2. The molecular weight excluding hydrogens is 408 g/mol. The van der Waals surface area contributed by atoms with Crippen LogP contribution in [0.2, 0.25) is 0 Å². The molecule has 4 rings (SSSR count). The average Bonchev–Trinajstić information content (AvgIpc) is 2.79. The van der Waals surface area contributed by atoms with Crippen molar-refractivity contribution in [2.24, 2.45) is 0 Å². The quantitative estimate of drug-likeness (QED) is 0.439. The van der Waals surface area contributed by atoms with Crippen LogP contribution in [-0.2, 0) is 6.54 Å². The molecule has 33 heavy (non-hydrogen) atoms. The highest BCUT2D eigenvalue weighted by Crippen LogP contribution is 2.37. The number of hydrogen-bond donors (Lipinski definition) is 2. The zero-order valence-electron chi connectivity index (χ0n) is 20.8. The molecule has 0 bridgehead atoms. The number of aromatic amines is 1. The van der Waals surface area contributed by atoms with E-state index in [-0.39, 0.29) is 5.56 Å². The first-order valence-electron chi connectivity index (χ1n) is 12.5. The first-order valence-corrected chi connectivity index (χ1v) is 12.5. The average molecular weight is 447 g/mol. The van der Waals surface area contributed by atoms with Crippen LogP contribution in [0.4, 0.5) is 11.5 Å². The van der Waals surface area contributed by atoms with E-state index in [1.54, 1.807) is 0 Å². The van der Waals surface area contributed by atoms with Gasteiger partial charge in [0.25, 0.3) is 5.56 Å². The molecule has 0 spiro atoms. The highest BCUT2D eigenvalue weighted by Gasteiger charge is 2.23. The summed E-state index contributed by atoms with van der Waals surface area (Å²) in [6, 6.07) is 9.44. The SMILES string of the molecule is CCN(c1cc(C(C)C)cc2c(NCc3c(C)cc(C)[nH]c3=O)nccc12)C1CCCCC1. The number of benzene rings is 1. The molecule has 2 N–H and O–H groups in total. The zero-order chi connectivity index (χ0) is 23.5. The van der Waals surface area contributed by atoms with E-state index in [0.717, 1.165) is 34.6 Å². The van der Waals surface area contributed by atoms with E-state index in [0.29, 0.717) is 18.5 Å². The van der Waals surface area contributed by atoms with Gasteiger partial charge in [0.05, 0.1) is 0 Å². The third-order valence-electron chi connectivity index (χ3n) is 7.14. The Morgan fingerprint density at radius 3 is 2.55 bits per heavy atom. The van der Waals surface area contributed by atoms with Gasteiger partial charge in [-0.2, -0.15) is 0 Å². The minimum absolute atomic E-state index is 0.0294. The summed E-state index contributed by atoms with van der Waals surface area (Å²) >= 11 is 0. The molecule has 2 heterocycles. The second kappa shape index (κ2) is 9.98. The molecule has 0 aliphatic heterocycles. The lowest BCUT2D eigenvalue weighted by Crippen LogP contribution is -2.36. The molecule has 5 heteroatoms. The van der Waals surface area contributed by atoms with Gasteiger partial charge in [0.15, 0.2) is 0 Å². The van der Waals surface area contributed by atoms with Crippen molar-refractivity contribution in [3.8, 4) is 0 Å². The lowest BCUT2D eigenvalue weighted by Gasteiger charge is -2.36. The van der Waals surface area contributed by atoms with E-state index in [9.17, 15) is 4.79 Å². The molecule has 0 saturated heterocycles. The number of aromatic nitrogens is 2. The topological polar surface area (TPSA) is 61.0 Å². The summed E-state index contributed by atoms with van der Waals surface area (Å²) in [5.74, 6) is 1.27. The van der Waals surface area contributed by atoms with Crippen molar-refractivity contribution in [2.45, 2.75) is 85.2 Å². The summed E-state index contributed by atoms with van der Waals surface area (Å²) in [6.07, 6.45) is 8.43. The predicted octanol–water partition coefficient (Wildman–Crippen LogP) is 6.43. The van der Waals surface area contributed by atoms with Crippen molar-refractivity contribution in [3.63, 3.8) is 0 Å². The molecule has 1 fully saturated rings. The summed E-state index contributed by atoms with van der Waals surface area (Å²) in [7, 11) is 0. The summed E-state index contributed by atoms with van der Waals surface area (Å²) < 4.78 is 0. The van der Waals surface area contributed by atoms with Crippen LogP contribution in [-0.4, -0.2) is 22.6 Å². The molecule has 1 aliphatic carbocycles. The standard InChI is InChI=1S/C28H38N4O/c1-6-32(22-10-8-7-9-11-22)26-16-21(18(2)3)15-24-23(26)12-13-29-27(24)30-17-25-19(4)14-20(5)31-28(25)33/h12-16,18,22H,6-11,17H2,1-5H3,(H,29,30)(H,31,33). The van der Waals surface area contributed by atoms with Crippen molar-refractivity contribution in [1.82, 2.24) is 9.97 Å². The molecule has 2 aromatic heterocycles. The molecule has 0 unspecified atom stereocenters. The fourth-order valence-electron chi connectivity index (χ4n) is 5.29. The molecule has 0 radical (unpaired) electrons. The second-order valence-corrected chi connectivity index (χ2v) is 9.82. The number of fused-ring (bicyclic) bond motifs is 1. The van der Waals surface area contributed by atoms with Crippen molar-refractivity contribution < 1.29 is 0 Å². The maximum Gasteiger partial charge on any atom is 0.253 e. The van der Waals surface area contributed by atoms with Crippen LogP contribution >= 0.6 is 0 Å². The Bertz CT molecular complexity index is 1170. The maximum atomic E-state index is 12.5. The van der Waals surface area contributed by atoms with Crippen molar-refractivity contribution >= 4 is 22.3 Å². The van der Waals surface area contributed by atoms with Crippen molar-refractivity contribution in [3.05, 3.63) is 63.2 Å². The van der Waals surface area contributed by atoms with Crippen LogP contribution in [0.5, 0.6) is 0 Å². The van der Waals surface area contributed by atoms with Gasteiger partial charge >= 0.3 is 0 Å². The van der Waals surface area contributed by atoms with Gasteiger partial charge in [-0.05, 0) is 74.9 Å². The number of nitrogens with one attached hydrogen (secondary N) is 2. The molecule has 0 atom stereocenters. The van der Waals surface area contributed by atoms with E-state index < -0.39 is 0 Å². The summed E-state index contributed by atoms with van der Waals surface area (Å²) in [4.78, 5) is 22.8. The number of pyridine rings is 2. The molecule has 0 amide bonds. The van der Waals surface area contributed by atoms with Gasteiger partial charge in [0.1, 0.15) is 5.82 Å². The van der Waals surface area contributed by atoms with Crippen LogP contribution in [0.3, 0.4) is 0 Å². The first-order chi connectivity index (χ1) is 15.9. The Labute approximate surface area is 197 Å². The van der Waals surface area contributed by atoms with Crippen molar-refractivity contribution in [1.29, 1.82) is 0 Å². The smallest absolute Gasteiger partial charge is 0.253 e. The Morgan fingerprint density at radius 1 is 1.12 bits per heavy atom. The first kappa shape index (κ1) is 23.3. The van der Waals surface area contributed by atoms with Crippen LogP contribution in [0, 0.1) is 13.8 Å². The number of H-pyrrole nitrogens is 1. The number of hydrogen-bond acceptors (Lipinski definition) is 4. The Balaban J connectivity index is 1.77. The van der Waals surface area contributed by atoms with Gasteiger partial charge in [-0.25, -0.2) is 4.98 Å². The van der Waals surface area contributed by atoms with Gasteiger partial charge in [-0.3, -0.25) is 4.79 Å². The molecular formula is C28H38N4O. The largest absolute Gasteiger partial charge is 0.368 e. The highest BCUT2D eigenvalue weighted by molar-refractivity contribution is 6.01. The summed E-state index contributed by atoms with van der Waals surface area (Å²) in [6.45, 7) is 12.1. The molecule has 3 aromatic rings. The third kappa shape index (κ3) is 4.92. The fourth-order valence-corrected chi connectivity index (χ4v) is 5.29. The van der Waals surface area contributed by atoms with E-state index in [4.69, 9.17) is 4.98 Å². The molecule has 1 aliphatic rings. The van der Waals surface area contributed by atoms with Crippen LogP contribution < -0.4 is 15.8 Å². The maximum absolute atomic E-state index is 12.5. The Morgan fingerprint density at radius 2 is 1.88 bits per heavy atom. The molecule has 176 valence electrons. The van der Waals surface area contributed by atoms with E-state index in [1.807, 2.05) is 26.1 Å². The van der Waals surface area contributed by atoms with Gasteiger partial charge in [-0.1, -0.05) is 33.1 Å². The lowest BCUT2D eigenvalue weighted by molar-refractivity contribution is 0.418. The van der Waals surface area contributed by atoms with Crippen LogP contribution in [0.15, 0.2) is 35.3 Å². The zero-order valence-corrected chi connectivity index (χ0v) is 20.8. The van der Waals surface area contributed by atoms with Gasteiger partial charge in [0.2, 0.25) is 0 Å². The van der Waals surface area contributed by atoms with E-state index in [1.165, 1.54) is 48.7 Å². The second-order valence-electron chi connectivity index (χ2n) is 9.82.